The standard InChI is InChI=1S/C15H11F3N4O2/c1-9-4-2-3-5-10(9)22-11(8-12(20-22)15(16,17)18)14(23)19-13-6-7-24-21-13/h2-8H,1H3,(H,19,21,23). The number of alkyl halides is 3. The smallest absolute Gasteiger partial charge is 0.363 e. The van der Waals surface area contributed by atoms with E-state index in [4.69, 9.17) is 0 Å². The Kier molecular flexibility index (Phi) is 3.84. The lowest BCUT2D eigenvalue weighted by atomic mass is 10.2. The van der Waals surface area contributed by atoms with Crippen LogP contribution in [0.15, 0.2) is 47.2 Å². The van der Waals surface area contributed by atoms with E-state index in [2.05, 4.69) is 20.1 Å². The number of anilines is 1. The van der Waals surface area contributed by atoms with E-state index < -0.39 is 17.8 Å². The van der Waals surface area contributed by atoms with Crippen LogP contribution in [0.25, 0.3) is 5.69 Å². The molecule has 124 valence electrons. The fourth-order valence-electron chi connectivity index (χ4n) is 2.12. The second kappa shape index (κ2) is 5.84. The van der Waals surface area contributed by atoms with Crippen LogP contribution in [0, 0.1) is 6.92 Å². The number of para-hydroxylation sites is 1. The number of rotatable bonds is 3. The topological polar surface area (TPSA) is 73.0 Å². The summed E-state index contributed by atoms with van der Waals surface area (Å²) in [5.41, 5.74) is -0.376. The summed E-state index contributed by atoms with van der Waals surface area (Å²) in [7, 11) is 0. The molecule has 0 saturated carbocycles. The quantitative estimate of drug-likeness (QED) is 0.795. The molecule has 2 aromatic heterocycles. The first kappa shape index (κ1) is 15.8. The number of halogens is 3. The van der Waals surface area contributed by atoms with Crippen LogP contribution in [0.3, 0.4) is 0 Å². The summed E-state index contributed by atoms with van der Waals surface area (Å²) in [6, 6.07) is 8.75. The van der Waals surface area contributed by atoms with Gasteiger partial charge in [-0.2, -0.15) is 18.3 Å². The van der Waals surface area contributed by atoms with Crippen molar-refractivity contribution in [3.05, 3.63) is 59.6 Å². The molecule has 1 N–H and O–H groups in total. The third kappa shape index (κ3) is 3.00. The van der Waals surface area contributed by atoms with Crippen LogP contribution in [0.2, 0.25) is 0 Å². The van der Waals surface area contributed by atoms with Gasteiger partial charge in [-0.15, -0.1) is 0 Å². The zero-order chi connectivity index (χ0) is 17.3. The molecule has 0 saturated heterocycles. The Morgan fingerprint density at radius 3 is 2.62 bits per heavy atom. The fourth-order valence-corrected chi connectivity index (χ4v) is 2.12. The Labute approximate surface area is 133 Å². The van der Waals surface area contributed by atoms with Crippen molar-refractivity contribution < 1.29 is 22.5 Å². The van der Waals surface area contributed by atoms with Gasteiger partial charge in [0.15, 0.2) is 11.5 Å². The molecule has 9 heteroatoms. The predicted octanol–water partition coefficient (Wildman–Crippen LogP) is 3.44. The summed E-state index contributed by atoms with van der Waals surface area (Å²) in [5.74, 6) is -0.693. The monoisotopic (exact) mass is 336 g/mol. The maximum absolute atomic E-state index is 13.0. The van der Waals surface area contributed by atoms with Crippen molar-refractivity contribution in [1.82, 2.24) is 14.9 Å². The lowest BCUT2D eigenvalue weighted by Gasteiger charge is -2.09. The second-order valence-corrected chi connectivity index (χ2v) is 4.95. The van der Waals surface area contributed by atoms with E-state index in [9.17, 15) is 18.0 Å². The van der Waals surface area contributed by atoms with Crippen molar-refractivity contribution in [2.45, 2.75) is 13.1 Å². The molecule has 1 aromatic carbocycles. The van der Waals surface area contributed by atoms with Gasteiger partial charge in [-0.1, -0.05) is 23.4 Å². The number of aromatic nitrogens is 3. The van der Waals surface area contributed by atoms with Crippen molar-refractivity contribution in [3.8, 4) is 5.69 Å². The first-order valence-electron chi connectivity index (χ1n) is 6.81. The third-order valence-electron chi connectivity index (χ3n) is 3.26. The average Bonchev–Trinajstić information content (AvgIpc) is 3.16. The maximum atomic E-state index is 13.0. The normalized spacial score (nSPS) is 11.5. The van der Waals surface area contributed by atoms with Gasteiger partial charge >= 0.3 is 6.18 Å². The molecule has 0 spiro atoms. The molecule has 0 aliphatic heterocycles. The van der Waals surface area contributed by atoms with E-state index in [0.717, 1.165) is 4.68 Å². The van der Waals surface area contributed by atoms with Gasteiger partial charge in [0.25, 0.3) is 5.91 Å². The van der Waals surface area contributed by atoms with Crippen molar-refractivity contribution in [2.75, 3.05) is 5.32 Å². The van der Waals surface area contributed by atoms with Crippen LogP contribution in [0.1, 0.15) is 21.7 Å². The Hall–Kier alpha value is -3.10. The SMILES string of the molecule is Cc1ccccc1-n1nc(C(F)(F)F)cc1C(=O)Nc1ccon1. The van der Waals surface area contributed by atoms with E-state index in [1.165, 1.54) is 12.3 Å². The number of aryl methyl sites for hydroxylation is 1. The number of nitrogens with one attached hydrogen (secondary N) is 1. The summed E-state index contributed by atoms with van der Waals surface area (Å²) in [6.45, 7) is 1.71. The van der Waals surface area contributed by atoms with Gasteiger partial charge in [-0.05, 0) is 18.6 Å². The van der Waals surface area contributed by atoms with Crippen molar-refractivity contribution in [1.29, 1.82) is 0 Å². The van der Waals surface area contributed by atoms with E-state index in [1.807, 2.05) is 0 Å². The summed E-state index contributed by atoms with van der Waals surface area (Å²) < 4.78 is 44.6. The number of hydrogen-bond acceptors (Lipinski definition) is 4. The molecule has 0 atom stereocenters. The lowest BCUT2D eigenvalue weighted by Crippen LogP contribution is -2.17. The zero-order valence-corrected chi connectivity index (χ0v) is 12.3. The minimum atomic E-state index is -4.67. The minimum Gasteiger partial charge on any atom is -0.363 e. The van der Waals surface area contributed by atoms with Gasteiger partial charge in [-0.25, -0.2) is 4.68 Å². The number of hydrogen-bond donors (Lipinski definition) is 1. The van der Waals surface area contributed by atoms with Crippen molar-refractivity contribution in [2.24, 2.45) is 0 Å². The Morgan fingerprint density at radius 2 is 2.00 bits per heavy atom. The van der Waals surface area contributed by atoms with Crippen LogP contribution in [0.4, 0.5) is 19.0 Å². The van der Waals surface area contributed by atoms with E-state index >= 15 is 0 Å². The van der Waals surface area contributed by atoms with Crippen LogP contribution in [0.5, 0.6) is 0 Å². The highest BCUT2D eigenvalue weighted by molar-refractivity contribution is 6.03. The average molecular weight is 336 g/mol. The van der Waals surface area contributed by atoms with Crippen LogP contribution < -0.4 is 5.32 Å². The molecule has 3 rings (SSSR count). The lowest BCUT2D eigenvalue weighted by molar-refractivity contribution is -0.141. The third-order valence-corrected chi connectivity index (χ3v) is 3.26. The van der Waals surface area contributed by atoms with Crippen LogP contribution >= 0.6 is 0 Å². The van der Waals surface area contributed by atoms with Gasteiger partial charge in [0.1, 0.15) is 12.0 Å². The minimum absolute atomic E-state index is 0.0890. The Balaban J connectivity index is 2.08. The molecule has 1 amide bonds. The predicted molar refractivity (Wildman–Crippen MR) is 77.8 cm³/mol. The van der Waals surface area contributed by atoms with Crippen LogP contribution in [-0.2, 0) is 6.18 Å². The molecule has 24 heavy (non-hydrogen) atoms. The molecule has 0 radical (unpaired) electrons. The van der Waals surface area contributed by atoms with Crippen molar-refractivity contribution in [3.63, 3.8) is 0 Å². The Bertz CT molecular complexity index is 869. The number of nitrogens with zero attached hydrogens (tertiary/aromatic N) is 3. The molecular formula is C15H11F3N4O2. The van der Waals surface area contributed by atoms with Gasteiger partial charge in [-0.3, -0.25) is 4.79 Å². The Morgan fingerprint density at radius 1 is 1.25 bits per heavy atom. The van der Waals surface area contributed by atoms with Crippen molar-refractivity contribution >= 4 is 11.7 Å². The zero-order valence-electron chi connectivity index (χ0n) is 12.3. The molecular weight excluding hydrogens is 325 g/mol. The largest absolute Gasteiger partial charge is 0.435 e. The first-order chi connectivity index (χ1) is 11.4. The number of carbonyl (C=O) groups excluding carboxylic acids is 1. The molecule has 3 aromatic rings. The molecule has 0 fully saturated rings. The molecule has 0 aliphatic rings. The second-order valence-electron chi connectivity index (χ2n) is 4.95. The van der Waals surface area contributed by atoms with Crippen LogP contribution in [-0.4, -0.2) is 20.8 Å². The molecule has 0 unspecified atom stereocenters. The number of amides is 1. The highest BCUT2D eigenvalue weighted by Gasteiger charge is 2.36. The molecule has 2 heterocycles. The van der Waals surface area contributed by atoms with E-state index in [-0.39, 0.29) is 11.5 Å². The molecule has 0 aliphatic carbocycles. The molecule has 0 bridgehead atoms. The number of benzene rings is 1. The number of carbonyl (C=O) groups is 1. The van der Waals surface area contributed by atoms with Gasteiger partial charge in [0, 0.05) is 12.1 Å². The highest BCUT2D eigenvalue weighted by atomic mass is 19.4. The highest BCUT2D eigenvalue weighted by Crippen LogP contribution is 2.30. The summed E-state index contributed by atoms with van der Waals surface area (Å²) >= 11 is 0. The fraction of sp³-hybridized carbons (Fsp3) is 0.133. The summed E-state index contributed by atoms with van der Waals surface area (Å²) in [5, 5.41) is 9.41. The summed E-state index contributed by atoms with van der Waals surface area (Å²) in [4.78, 5) is 12.3. The van der Waals surface area contributed by atoms with E-state index in [1.54, 1.807) is 31.2 Å². The summed E-state index contributed by atoms with van der Waals surface area (Å²) in [6.07, 6.45) is -3.44. The van der Waals surface area contributed by atoms with E-state index in [0.29, 0.717) is 17.3 Å². The van der Waals surface area contributed by atoms with Gasteiger partial charge in [0.2, 0.25) is 0 Å². The first-order valence-corrected chi connectivity index (χ1v) is 6.81. The molecule has 6 nitrogen and oxygen atoms in total. The van der Waals surface area contributed by atoms with Gasteiger partial charge < -0.3 is 9.84 Å². The van der Waals surface area contributed by atoms with Gasteiger partial charge in [0.05, 0.1) is 5.69 Å². The maximum Gasteiger partial charge on any atom is 0.435 e.